The molecule has 0 radical (unpaired) electrons. The number of ether oxygens (including phenoxy) is 1. The van der Waals surface area contributed by atoms with Gasteiger partial charge in [0.25, 0.3) is 0 Å². The number of carbonyl (C=O) groups excluding carboxylic acids is 1. The molecule has 1 aromatic carbocycles. The van der Waals surface area contributed by atoms with Gasteiger partial charge in [-0.25, -0.2) is 4.98 Å². The number of benzene rings is 1. The maximum atomic E-state index is 12.7. The van der Waals surface area contributed by atoms with Crippen molar-refractivity contribution in [3.63, 3.8) is 0 Å². The van der Waals surface area contributed by atoms with Crippen LogP contribution in [0.5, 0.6) is 0 Å². The minimum Gasteiger partial charge on any atom is -0.468 e. The van der Waals surface area contributed by atoms with Crippen molar-refractivity contribution in [3.8, 4) is 0 Å². The highest BCUT2D eigenvalue weighted by molar-refractivity contribution is 6.07. The van der Waals surface area contributed by atoms with E-state index in [4.69, 9.17) is 9.15 Å². The Bertz CT molecular complexity index is 1070. The number of fused-ring (bicyclic) bond motifs is 1. The maximum Gasteiger partial charge on any atom is 0.315 e. The number of aliphatic imine (C=N–C) groups is 1. The molecule has 1 aliphatic rings. The van der Waals surface area contributed by atoms with E-state index in [9.17, 15) is 4.79 Å². The fourth-order valence-corrected chi connectivity index (χ4v) is 3.86. The highest BCUT2D eigenvalue weighted by atomic mass is 16.5. The van der Waals surface area contributed by atoms with Crippen molar-refractivity contribution in [1.29, 1.82) is 0 Å². The van der Waals surface area contributed by atoms with E-state index in [-0.39, 0.29) is 11.9 Å². The number of allylic oxidation sites excluding steroid dienone is 2. The zero-order valence-electron chi connectivity index (χ0n) is 15.3. The van der Waals surface area contributed by atoms with Crippen LogP contribution in [0.2, 0.25) is 0 Å². The standard InChI is InChI=1S/C21H19N3O3/c1-12-17(14-6-5-9-22-10-14)19(18(13(2)24-12)21(25)26-3)15-7-4-8-16-20(15)27-11-23-16/h4-11,18-19H,1-3H3. The van der Waals surface area contributed by atoms with Crippen LogP contribution in [0.1, 0.15) is 30.9 Å². The molecule has 0 N–H and O–H groups in total. The van der Waals surface area contributed by atoms with Gasteiger partial charge in [0.2, 0.25) is 0 Å². The summed E-state index contributed by atoms with van der Waals surface area (Å²) in [6.45, 7) is 3.81. The van der Waals surface area contributed by atoms with Crippen LogP contribution in [-0.4, -0.2) is 28.8 Å². The zero-order valence-corrected chi connectivity index (χ0v) is 15.3. The third kappa shape index (κ3) is 2.83. The van der Waals surface area contributed by atoms with Crippen molar-refractivity contribution < 1.29 is 13.9 Å². The van der Waals surface area contributed by atoms with Gasteiger partial charge in [-0.2, -0.15) is 0 Å². The Morgan fingerprint density at radius 2 is 2.04 bits per heavy atom. The molecular weight excluding hydrogens is 342 g/mol. The molecule has 0 amide bonds. The first-order chi connectivity index (χ1) is 13.1. The number of rotatable bonds is 3. The number of aromatic nitrogens is 2. The van der Waals surface area contributed by atoms with Gasteiger partial charge in [0.1, 0.15) is 11.4 Å². The molecule has 0 saturated carbocycles. The molecule has 0 spiro atoms. The summed E-state index contributed by atoms with van der Waals surface area (Å²) in [5.41, 5.74) is 5.72. The SMILES string of the molecule is COC(=O)C1C(C)=NC(C)=C(c2cccnc2)C1c1cccc2ncoc12. The van der Waals surface area contributed by atoms with Crippen molar-refractivity contribution in [3.05, 3.63) is 65.9 Å². The first-order valence-corrected chi connectivity index (χ1v) is 8.68. The summed E-state index contributed by atoms with van der Waals surface area (Å²) in [6.07, 6.45) is 4.93. The first-order valence-electron chi connectivity index (χ1n) is 8.68. The number of oxazole rings is 1. The Kier molecular flexibility index (Phi) is 4.32. The second kappa shape index (κ2) is 6.79. The number of hydrogen-bond acceptors (Lipinski definition) is 6. The van der Waals surface area contributed by atoms with Crippen LogP contribution in [0.3, 0.4) is 0 Å². The largest absolute Gasteiger partial charge is 0.468 e. The third-order valence-corrected chi connectivity index (χ3v) is 4.98. The molecule has 2 unspecified atom stereocenters. The van der Waals surface area contributed by atoms with Gasteiger partial charge < -0.3 is 9.15 Å². The van der Waals surface area contributed by atoms with Crippen LogP contribution in [0, 0.1) is 5.92 Å². The first kappa shape index (κ1) is 17.1. The average Bonchev–Trinajstić information content (AvgIpc) is 3.16. The summed E-state index contributed by atoms with van der Waals surface area (Å²) < 4.78 is 10.8. The van der Waals surface area contributed by atoms with Gasteiger partial charge >= 0.3 is 5.97 Å². The topological polar surface area (TPSA) is 77.6 Å². The molecular formula is C21H19N3O3. The van der Waals surface area contributed by atoms with Gasteiger partial charge in [-0.05, 0) is 37.1 Å². The Morgan fingerprint density at radius 3 is 2.78 bits per heavy atom. The third-order valence-electron chi connectivity index (χ3n) is 4.98. The van der Waals surface area contributed by atoms with Crippen molar-refractivity contribution in [2.24, 2.45) is 10.9 Å². The molecule has 6 heteroatoms. The Labute approximate surface area is 156 Å². The summed E-state index contributed by atoms with van der Waals surface area (Å²) in [4.78, 5) is 25.9. The summed E-state index contributed by atoms with van der Waals surface area (Å²) >= 11 is 0. The van der Waals surface area contributed by atoms with Crippen LogP contribution in [0.25, 0.3) is 16.7 Å². The van der Waals surface area contributed by atoms with Crippen molar-refractivity contribution in [2.45, 2.75) is 19.8 Å². The molecule has 1 aliphatic heterocycles. The van der Waals surface area contributed by atoms with E-state index in [0.717, 1.165) is 27.9 Å². The molecule has 3 heterocycles. The van der Waals surface area contributed by atoms with Crippen molar-refractivity contribution in [2.75, 3.05) is 7.11 Å². The fraction of sp³-hybridized carbons (Fsp3) is 0.238. The van der Waals surface area contributed by atoms with Crippen LogP contribution in [-0.2, 0) is 9.53 Å². The Hall–Kier alpha value is -3.28. The van der Waals surface area contributed by atoms with Gasteiger partial charge in [0.15, 0.2) is 12.0 Å². The lowest BCUT2D eigenvalue weighted by molar-refractivity contribution is -0.143. The molecule has 0 bridgehead atoms. The number of hydrogen-bond donors (Lipinski definition) is 0. The molecule has 2 aromatic heterocycles. The van der Waals surface area contributed by atoms with E-state index in [0.29, 0.717) is 11.3 Å². The zero-order chi connectivity index (χ0) is 19.0. The lowest BCUT2D eigenvalue weighted by atomic mass is 9.73. The lowest BCUT2D eigenvalue weighted by Gasteiger charge is -2.32. The van der Waals surface area contributed by atoms with Gasteiger partial charge in [0.05, 0.1) is 7.11 Å². The predicted molar refractivity (Wildman–Crippen MR) is 102 cm³/mol. The van der Waals surface area contributed by atoms with Gasteiger partial charge in [-0.3, -0.25) is 14.8 Å². The normalized spacial score (nSPS) is 19.9. The van der Waals surface area contributed by atoms with Crippen molar-refractivity contribution in [1.82, 2.24) is 9.97 Å². The summed E-state index contributed by atoms with van der Waals surface area (Å²) in [5, 5.41) is 0. The highest BCUT2D eigenvalue weighted by Gasteiger charge is 2.40. The van der Waals surface area contributed by atoms with E-state index >= 15 is 0 Å². The number of pyridine rings is 1. The molecule has 3 aromatic rings. The van der Waals surface area contributed by atoms with E-state index in [1.165, 1.54) is 13.5 Å². The van der Waals surface area contributed by atoms with Crippen LogP contribution in [0.15, 0.2) is 64.2 Å². The number of carbonyl (C=O) groups is 1. The number of nitrogens with zero attached hydrogens (tertiary/aromatic N) is 3. The van der Waals surface area contributed by atoms with Gasteiger partial charge in [-0.1, -0.05) is 18.2 Å². The molecule has 0 aliphatic carbocycles. The lowest BCUT2D eigenvalue weighted by Crippen LogP contribution is -2.33. The van der Waals surface area contributed by atoms with Crippen LogP contribution >= 0.6 is 0 Å². The van der Waals surface area contributed by atoms with E-state index < -0.39 is 5.92 Å². The number of methoxy groups -OCH3 is 1. The van der Waals surface area contributed by atoms with E-state index in [1.54, 1.807) is 12.4 Å². The smallest absolute Gasteiger partial charge is 0.315 e. The minimum atomic E-state index is -0.551. The van der Waals surface area contributed by atoms with E-state index in [1.807, 2.05) is 44.2 Å². The molecule has 2 atom stereocenters. The molecule has 0 saturated heterocycles. The second-order valence-corrected chi connectivity index (χ2v) is 6.52. The van der Waals surface area contributed by atoms with Crippen molar-refractivity contribution >= 4 is 28.4 Å². The quantitative estimate of drug-likeness (QED) is 0.659. The maximum absolute atomic E-state index is 12.7. The predicted octanol–water partition coefficient (Wildman–Crippen LogP) is 4.00. The second-order valence-electron chi connectivity index (χ2n) is 6.52. The average molecular weight is 361 g/mol. The number of para-hydroxylation sites is 1. The Morgan fingerprint density at radius 1 is 1.19 bits per heavy atom. The number of esters is 1. The van der Waals surface area contributed by atoms with Crippen LogP contribution < -0.4 is 0 Å². The molecule has 136 valence electrons. The van der Waals surface area contributed by atoms with E-state index in [2.05, 4.69) is 15.0 Å². The summed E-state index contributed by atoms with van der Waals surface area (Å²) in [6, 6.07) is 9.63. The summed E-state index contributed by atoms with van der Waals surface area (Å²) in [5.74, 6) is -1.19. The fourth-order valence-electron chi connectivity index (χ4n) is 3.86. The molecule has 27 heavy (non-hydrogen) atoms. The molecule has 6 nitrogen and oxygen atoms in total. The molecule has 0 fully saturated rings. The molecule has 4 rings (SSSR count). The van der Waals surface area contributed by atoms with Gasteiger partial charge in [-0.15, -0.1) is 0 Å². The monoisotopic (exact) mass is 361 g/mol. The van der Waals surface area contributed by atoms with Crippen LogP contribution in [0.4, 0.5) is 0 Å². The highest BCUT2D eigenvalue weighted by Crippen LogP contribution is 2.46. The minimum absolute atomic E-state index is 0.309. The van der Waals surface area contributed by atoms with Gasteiger partial charge in [0, 0.05) is 35.3 Å². The Balaban J connectivity index is 2.01. The summed E-state index contributed by atoms with van der Waals surface area (Å²) in [7, 11) is 1.40.